The number of hydrogen-bond acceptors (Lipinski definition) is 3. The average molecular weight is 326 g/mol. The van der Waals surface area contributed by atoms with Crippen molar-refractivity contribution in [3.8, 4) is 0 Å². The number of hydrogen-bond donors (Lipinski definition) is 2. The molecule has 1 heterocycles. The molecule has 5 nitrogen and oxygen atoms in total. The lowest BCUT2D eigenvalue weighted by Gasteiger charge is -2.22. The van der Waals surface area contributed by atoms with Gasteiger partial charge in [-0.25, -0.2) is 0 Å². The third-order valence-corrected chi connectivity index (χ3v) is 3.85. The van der Waals surface area contributed by atoms with Crippen molar-refractivity contribution in [1.82, 2.24) is 10.2 Å². The molecule has 1 fully saturated rings. The van der Waals surface area contributed by atoms with Crippen LogP contribution in [0.4, 0.5) is 5.69 Å². The fourth-order valence-corrected chi connectivity index (χ4v) is 2.50. The highest BCUT2D eigenvalue weighted by molar-refractivity contribution is 5.98. The largest absolute Gasteiger partial charge is 0.345 e. The third-order valence-electron chi connectivity index (χ3n) is 3.85. The highest BCUT2D eigenvalue weighted by Gasteiger charge is 2.21. The summed E-state index contributed by atoms with van der Waals surface area (Å²) in [7, 11) is 3.45. The van der Waals surface area contributed by atoms with Crippen LogP contribution in [0.3, 0.4) is 0 Å². The Morgan fingerprint density at radius 3 is 2.45 bits per heavy atom. The van der Waals surface area contributed by atoms with E-state index in [9.17, 15) is 9.59 Å². The molecule has 0 atom stereocenters. The topological polar surface area (TPSA) is 61.4 Å². The second-order valence-corrected chi connectivity index (χ2v) is 5.74. The van der Waals surface area contributed by atoms with E-state index in [-0.39, 0.29) is 30.1 Å². The summed E-state index contributed by atoms with van der Waals surface area (Å²) in [6.45, 7) is 3.67. The van der Waals surface area contributed by atoms with Crippen LogP contribution in [0, 0.1) is 12.8 Å². The van der Waals surface area contributed by atoms with E-state index in [0.717, 1.165) is 31.5 Å². The highest BCUT2D eigenvalue weighted by Crippen LogP contribution is 2.19. The molecule has 1 saturated heterocycles. The van der Waals surface area contributed by atoms with Gasteiger partial charge in [0, 0.05) is 31.3 Å². The standard InChI is InChI=1S/C16H23N3O2.ClH/c1-11-4-5-13(10-14(11)16(21)19(2)3)18-15(20)12-6-8-17-9-7-12;/h4-5,10,12,17H,6-9H2,1-3H3,(H,18,20);1H. The Balaban J connectivity index is 0.00000242. The van der Waals surface area contributed by atoms with Crippen molar-refractivity contribution in [2.75, 3.05) is 32.5 Å². The molecule has 0 unspecified atom stereocenters. The molecule has 0 saturated carbocycles. The van der Waals surface area contributed by atoms with E-state index in [2.05, 4.69) is 10.6 Å². The molecule has 0 aliphatic carbocycles. The molecule has 0 radical (unpaired) electrons. The van der Waals surface area contributed by atoms with Crippen molar-refractivity contribution < 1.29 is 9.59 Å². The number of nitrogens with one attached hydrogen (secondary N) is 2. The minimum absolute atomic E-state index is 0. The van der Waals surface area contributed by atoms with Crippen LogP contribution in [0.25, 0.3) is 0 Å². The lowest BCUT2D eigenvalue weighted by Crippen LogP contribution is -2.34. The van der Waals surface area contributed by atoms with Crippen molar-refractivity contribution in [2.45, 2.75) is 19.8 Å². The van der Waals surface area contributed by atoms with Gasteiger partial charge < -0.3 is 15.5 Å². The molecule has 1 aliphatic heterocycles. The Morgan fingerprint density at radius 1 is 1.23 bits per heavy atom. The molecule has 1 aromatic carbocycles. The molecular weight excluding hydrogens is 302 g/mol. The quantitative estimate of drug-likeness (QED) is 0.894. The predicted octanol–water partition coefficient (Wildman–Crippen LogP) is 2.06. The van der Waals surface area contributed by atoms with Crippen molar-refractivity contribution >= 4 is 29.9 Å². The molecule has 0 aromatic heterocycles. The molecule has 0 bridgehead atoms. The number of carbonyl (C=O) groups excluding carboxylic acids is 2. The fourth-order valence-electron chi connectivity index (χ4n) is 2.50. The summed E-state index contributed by atoms with van der Waals surface area (Å²) in [6.07, 6.45) is 1.72. The first-order valence-electron chi connectivity index (χ1n) is 7.33. The molecular formula is C16H24ClN3O2. The smallest absolute Gasteiger partial charge is 0.253 e. The second-order valence-electron chi connectivity index (χ2n) is 5.74. The monoisotopic (exact) mass is 325 g/mol. The lowest BCUT2D eigenvalue weighted by molar-refractivity contribution is -0.120. The SMILES string of the molecule is Cc1ccc(NC(=O)C2CCNCC2)cc1C(=O)N(C)C.Cl. The van der Waals surface area contributed by atoms with Crippen LogP contribution >= 0.6 is 12.4 Å². The highest BCUT2D eigenvalue weighted by atomic mass is 35.5. The van der Waals surface area contributed by atoms with Crippen LogP contribution in [0.15, 0.2) is 18.2 Å². The zero-order chi connectivity index (χ0) is 15.4. The summed E-state index contributed by atoms with van der Waals surface area (Å²) in [5, 5.41) is 6.18. The number of nitrogens with zero attached hydrogens (tertiary/aromatic N) is 1. The van der Waals surface area contributed by atoms with Gasteiger partial charge in [0.25, 0.3) is 5.91 Å². The van der Waals surface area contributed by atoms with Crippen LogP contribution in [0.2, 0.25) is 0 Å². The number of rotatable bonds is 3. The van der Waals surface area contributed by atoms with Crippen molar-refractivity contribution in [3.63, 3.8) is 0 Å². The lowest BCUT2D eigenvalue weighted by atomic mass is 9.97. The Bertz CT molecular complexity index is 540. The number of amides is 2. The van der Waals surface area contributed by atoms with Crippen molar-refractivity contribution in [1.29, 1.82) is 0 Å². The molecule has 122 valence electrons. The van der Waals surface area contributed by atoms with Crippen LogP contribution in [0.1, 0.15) is 28.8 Å². The third kappa shape index (κ3) is 4.45. The first-order chi connectivity index (χ1) is 9.99. The first kappa shape index (κ1) is 18.5. The molecule has 2 amide bonds. The number of aryl methyl sites for hydroxylation is 1. The molecule has 0 spiro atoms. The van der Waals surface area contributed by atoms with Gasteiger partial charge in [-0.2, -0.15) is 0 Å². The maximum absolute atomic E-state index is 12.2. The molecule has 2 rings (SSSR count). The van der Waals surface area contributed by atoms with Gasteiger partial charge >= 0.3 is 0 Å². The van der Waals surface area contributed by atoms with Crippen molar-refractivity contribution in [2.24, 2.45) is 5.92 Å². The van der Waals surface area contributed by atoms with Crippen LogP contribution in [-0.4, -0.2) is 43.9 Å². The Morgan fingerprint density at radius 2 is 1.86 bits per heavy atom. The Kier molecular flexibility index (Phi) is 6.84. The average Bonchev–Trinajstić information content (AvgIpc) is 2.49. The zero-order valence-electron chi connectivity index (χ0n) is 13.3. The van der Waals surface area contributed by atoms with Gasteiger partial charge in [-0.3, -0.25) is 9.59 Å². The Hall–Kier alpha value is -1.59. The second kappa shape index (κ2) is 8.15. The summed E-state index contributed by atoms with van der Waals surface area (Å²) in [5.74, 6) is 0.0506. The number of piperidine rings is 1. The molecule has 1 aromatic rings. The van der Waals surface area contributed by atoms with Gasteiger partial charge in [0.15, 0.2) is 0 Å². The van der Waals surface area contributed by atoms with Gasteiger partial charge in [0.05, 0.1) is 0 Å². The summed E-state index contributed by atoms with van der Waals surface area (Å²) in [5.41, 5.74) is 2.23. The Labute approximate surface area is 137 Å². The van der Waals surface area contributed by atoms with Crippen molar-refractivity contribution in [3.05, 3.63) is 29.3 Å². The van der Waals surface area contributed by atoms with E-state index in [4.69, 9.17) is 0 Å². The first-order valence-corrected chi connectivity index (χ1v) is 7.33. The van der Waals surface area contributed by atoms with E-state index in [1.54, 1.807) is 25.1 Å². The molecule has 2 N–H and O–H groups in total. The van der Waals surface area contributed by atoms with E-state index in [0.29, 0.717) is 11.3 Å². The van der Waals surface area contributed by atoms with E-state index < -0.39 is 0 Å². The summed E-state index contributed by atoms with van der Waals surface area (Å²) in [4.78, 5) is 25.9. The summed E-state index contributed by atoms with van der Waals surface area (Å²) < 4.78 is 0. The number of benzene rings is 1. The number of halogens is 1. The van der Waals surface area contributed by atoms with Gasteiger partial charge in [-0.05, 0) is 50.6 Å². The van der Waals surface area contributed by atoms with E-state index in [1.165, 1.54) is 0 Å². The van der Waals surface area contributed by atoms with Crippen LogP contribution in [-0.2, 0) is 4.79 Å². The molecule has 22 heavy (non-hydrogen) atoms. The maximum Gasteiger partial charge on any atom is 0.253 e. The van der Waals surface area contributed by atoms with Crippen LogP contribution in [0.5, 0.6) is 0 Å². The summed E-state index contributed by atoms with van der Waals surface area (Å²) >= 11 is 0. The van der Waals surface area contributed by atoms with Gasteiger partial charge in [-0.1, -0.05) is 6.07 Å². The van der Waals surface area contributed by atoms with E-state index in [1.807, 2.05) is 19.1 Å². The predicted molar refractivity (Wildman–Crippen MR) is 90.7 cm³/mol. The molecule has 1 aliphatic rings. The number of anilines is 1. The maximum atomic E-state index is 12.2. The summed E-state index contributed by atoms with van der Waals surface area (Å²) in [6, 6.07) is 5.48. The number of carbonyl (C=O) groups is 2. The normalized spacial score (nSPS) is 14.9. The minimum Gasteiger partial charge on any atom is -0.345 e. The van der Waals surface area contributed by atoms with E-state index >= 15 is 0 Å². The van der Waals surface area contributed by atoms with Gasteiger partial charge in [0.1, 0.15) is 0 Å². The van der Waals surface area contributed by atoms with Gasteiger partial charge in [-0.15, -0.1) is 12.4 Å². The van der Waals surface area contributed by atoms with Gasteiger partial charge in [0.2, 0.25) is 5.91 Å². The van der Waals surface area contributed by atoms with Crippen LogP contribution < -0.4 is 10.6 Å². The minimum atomic E-state index is -0.0505. The molecule has 6 heteroatoms. The zero-order valence-corrected chi connectivity index (χ0v) is 14.1. The fraction of sp³-hybridized carbons (Fsp3) is 0.500.